The van der Waals surface area contributed by atoms with E-state index in [4.69, 9.17) is 4.74 Å². The van der Waals surface area contributed by atoms with Crippen LogP contribution in [0.1, 0.15) is 46.5 Å². The second-order valence-electron chi connectivity index (χ2n) is 4.60. The summed E-state index contributed by atoms with van der Waals surface area (Å²) in [5.74, 6) is 0.161. The van der Waals surface area contributed by atoms with Gasteiger partial charge in [0.1, 0.15) is 5.60 Å². The van der Waals surface area contributed by atoms with E-state index in [-0.39, 0.29) is 11.6 Å². The molecule has 0 amide bonds. The Hall–Kier alpha value is -0.790. The lowest BCUT2D eigenvalue weighted by Crippen LogP contribution is -2.37. The molecule has 0 heterocycles. The Morgan fingerprint density at radius 1 is 1.36 bits per heavy atom. The van der Waals surface area contributed by atoms with Crippen molar-refractivity contribution in [2.75, 3.05) is 0 Å². The molecule has 80 valence electrons. The molecule has 0 unspecified atom stereocenters. The first-order valence-electron chi connectivity index (χ1n) is 5.37. The molecule has 1 aliphatic rings. The summed E-state index contributed by atoms with van der Waals surface area (Å²) in [5, 5.41) is 0. The lowest BCUT2D eigenvalue weighted by molar-refractivity contribution is -0.159. The second-order valence-corrected chi connectivity index (χ2v) is 4.60. The van der Waals surface area contributed by atoms with Crippen molar-refractivity contribution in [3.05, 3.63) is 12.2 Å². The maximum atomic E-state index is 11.5. The van der Waals surface area contributed by atoms with E-state index in [2.05, 4.69) is 20.4 Å². The first kappa shape index (κ1) is 11.3. The molecule has 0 N–H and O–H groups in total. The summed E-state index contributed by atoms with van der Waals surface area (Å²) in [5.41, 5.74) is 0.285. The molecule has 1 aliphatic carbocycles. The maximum absolute atomic E-state index is 11.5. The average Bonchev–Trinajstić information content (AvgIpc) is 2.53. The highest BCUT2D eigenvalue weighted by molar-refractivity contribution is 5.87. The number of hydrogen-bond acceptors (Lipinski definition) is 2. The summed E-state index contributed by atoms with van der Waals surface area (Å²) >= 11 is 0. The fraction of sp³-hybridized carbons (Fsp3) is 0.750. The quantitative estimate of drug-likeness (QED) is 0.512. The van der Waals surface area contributed by atoms with E-state index in [9.17, 15) is 4.79 Å². The number of carbonyl (C=O) groups is 1. The van der Waals surface area contributed by atoms with Crippen LogP contribution in [0.25, 0.3) is 0 Å². The highest BCUT2D eigenvalue weighted by Crippen LogP contribution is 2.39. The van der Waals surface area contributed by atoms with E-state index in [1.807, 2.05) is 0 Å². The minimum absolute atomic E-state index is 0.212. The number of rotatable bonds is 3. The van der Waals surface area contributed by atoms with Crippen LogP contribution in [-0.4, -0.2) is 11.6 Å². The van der Waals surface area contributed by atoms with Crippen molar-refractivity contribution < 1.29 is 9.53 Å². The molecular weight excluding hydrogens is 176 g/mol. The molecule has 0 aromatic rings. The van der Waals surface area contributed by atoms with Gasteiger partial charge < -0.3 is 4.74 Å². The smallest absolute Gasteiger partial charge is 0.333 e. The van der Waals surface area contributed by atoms with Gasteiger partial charge in [0.05, 0.1) is 0 Å². The zero-order chi connectivity index (χ0) is 10.8. The van der Waals surface area contributed by atoms with Crippen molar-refractivity contribution in [2.24, 2.45) is 5.92 Å². The zero-order valence-corrected chi connectivity index (χ0v) is 9.43. The predicted molar refractivity (Wildman–Crippen MR) is 56.9 cm³/mol. The molecular formula is C12H20O2. The van der Waals surface area contributed by atoms with Crippen LogP contribution in [-0.2, 0) is 9.53 Å². The van der Waals surface area contributed by atoms with Gasteiger partial charge in [0, 0.05) is 5.57 Å². The summed E-state index contributed by atoms with van der Waals surface area (Å²) in [4.78, 5) is 11.5. The van der Waals surface area contributed by atoms with Crippen LogP contribution < -0.4 is 0 Å². The highest BCUT2D eigenvalue weighted by atomic mass is 16.6. The third kappa shape index (κ3) is 2.17. The van der Waals surface area contributed by atoms with E-state index in [1.165, 1.54) is 12.8 Å². The normalized spacial score (nSPS) is 19.7. The van der Waals surface area contributed by atoms with Gasteiger partial charge in [-0.15, -0.1) is 0 Å². The summed E-state index contributed by atoms with van der Waals surface area (Å²) in [6.45, 7) is 9.56. The highest BCUT2D eigenvalue weighted by Gasteiger charge is 2.40. The van der Waals surface area contributed by atoms with E-state index >= 15 is 0 Å². The van der Waals surface area contributed by atoms with Gasteiger partial charge >= 0.3 is 5.97 Å². The molecule has 0 aromatic carbocycles. The monoisotopic (exact) mass is 196 g/mol. The fourth-order valence-electron chi connectivity index (χ4n) is 2.04. The van der Waals surface area contributed by atoms with Gasteiger partial charge in [-0.1, -0.05) is 20.4 Å². The SMILES string of the molecule is C=C(C)C(=O)OC1(C(C)C)CCCC1. The van der Waals surface area contributed by atoms with Crippen LogP contribution in [0.3, 0.4) is 0 Å². The molecule has 1 saturated carbocycles. The van der Waals surface area contributed by atoms with Gasteiger partial charge in [0.2, 0.25) is 0 Å². The lowest BCUT2D eigenvalue weighted by Gasteiger charge is -2.33. The maximum Gasteiger partial charge on any atom is 0.333 e. The summed E-state index contributed by atoms with van der Waals surface area (Å²) in [6, 6.07) is 0. The number of carbonyl (C=O) groups excluding carboxylic acids is 1. The molecule has 0 saturated heterocycles. The van der Waals surface area contributed by atoms with Gasteiger partial charge in [0.25, 0.3) is 0 Å². The first-order chi connectivity index (χ1) is 6.48. The third-order valence-electron chi connectivity index (χ3n) is 3.15. The molecule has 2 nitrogen and oxygen atoms in total. The van der Waals surface area contributed by atoms with Gasteiger partial charge in [-0.3, -0.25) is 0 Å². The van der Waals surface area contributed by atoms with E-state index in [1.54, 1.807) is 6.92 Å². The predicted octanol–water partition coefficient (Wildman–Crippen LogP) is 3.07. The largest absolute Gasteiger partial charge is 0.455 e. The van der Waals surface area contributed by atoms with Crippen molar-refractivity contribution in [3.8, 4) is 0 Å². The van der Waals surface area contributed by atoms with Crippen molar-refractivity contribution >= 4 is 5.97 Å². The standard InChI is InChI=1S/C12H20O2/c1-9(2)11(13)14-12(10(3)4)7-5-6-8-12/h10H,1,5-8H2,2-4H3. The van der Waals surface area contributed by atoms with Crippen LogP contribution in [0.5, 0.6) is 0 Å². The molecule has 0 spiro atoms. The van der Waals surface area contributed by atoms with Crippen molar-refractivity contribution in [2.45, 2.75) is 52.1 Å². The first-order valence-corrected chi connectivity index (χ1v) is 5.37. The number of hydrogen-bond donors (Lipinski definition) is 0. The third-order valence-corrected chi connectivity index (χ3v) is 3.15. The Labute approximate surface area is 86.3 Å². The zero-order valence-electron chi connectivity index (χ0n) is 9.43. The Morgan fingerprint density at radius 3 is 2.21 bits per heavy atom. The van der Waals surface area contributed by atoms with Crippen molar-refractivity contribution in [1.82, 2.24) is 0 Å². The second kappa shape index (κ2) is 4.16. The van der Waals surface area contributed by atoms with Gasteiger partial charge in [0.15, 0.2) is 0 Å². The molecule has 2 heteroatoms. The van der Waals surface area contributed by atoms with E-state index in [0.29, 0.717) is 11.5 Å². The van der Waals surface area contributed by atoms with Gasteiger partial charge in [-0.2, -0.15) is 0 Å². The van der Waals surface area contributed by atoms with Crippen molar-refractivity contribution in [1.29, 1.82) is 0 Å². The van der Waals surface area contributed by atoms with Gasteiger partial charge in [-0.05, 0) is 38.5 Å². The van der Waals surface area contributed by atoms with Crippen LogP contribution in [0, 0.1) is 5.92 Å². The molecule has 0 aromatic heterocycles. The minimum Gasteiger partial charge on any atom is -0.455 e. The minimum atomic E-state index is -0.236. The van der Waals surface area contributed by atoms with Crippen LogP contribution >= 0.6 is 0 Å². The molecule has 1 fully saturated rings. The molecule has 0 radical (unpaired) electrons. The van der Waals surface area contributed by atoms with Crippen LogP contribution in [0.4, 0.5) is 0 Å². The Bertz CT molecular complexity index is 235. The average molecular weight is 196 g/mol. The molecule has 0 atom stereocenters. The summed E-state index contributed by atoms with van der Waals surface area (Å²) in [6.07, 6.45) is 4.34. The number of ether oxygens (including phenoxy) is 1. The van der Waals surface area contributed by atoms with Crippen LogP contribution in [0.2, 0.25) is 0 Å². The van der Waals surface area contributed by atoms with Crippen LogP contribution in [0.15, 0.2) is 12.2 Å². The summed E-state index contributed by atoms with van der Waals surface area (Å²) < 4.78 is 5.58. The van der Waals surface area contributed by atoms with Gasteiger partial charge in [-0.25, -0.2) is 4.79 Å². The van der Waals surface area contributed by atoms with E-state index in [0.717, 1.165) is 12.8 Å². The Kier molecular flexibility index (Phi) is 3.35. The number of esters is 1. The molecule has 0 bridgehead atoms. The topological polar surface area (TPSA) is 26.3 Å². The Balaban J connectivity index is 2.70. The van der Waals surface area contributed by atoms with Crippen molar-refractivity contribution in [3.63, 3.8) is 0 Å². The lowest BCUT2D eigenvalue weighted by atomic mass is 9.88. The Morgan fingerprint density at radius 2 is 1.86 bits per heavy atom. The molecule has 14 heavy (non-hydrogen) atoms. The molecule has 0 aliphatic heterocycles. The summed E-state index contributed by atoms with van der Waals surface area (Å²) in [7, 11) is 0. The molecule has 1 rings (SSSR count). The fourth-order valence-corrected chi connectivity index (χ4v) is 2.04. The van der Waals surface area contributed by atoms with E-state index < -0.39 is 0 Å².